The maximum atomic E-state index is 6.13. The summed E-state index contributed by atoms with van der Waals surface area (Å²) in [6, 6.07) is 5.57. The molecule has 0 aliphatic rings. The van der Waals surface area contributed by atoms with Crippen molar-refractivity contribution in [3.8, 4) is 11.5 Å². The summed E-state index contributed by atoms with van der Waals surface area (Å²) >= 11 is 0. The molecule has 4 nitrogen and oxygen atoms in total. The highest BCUT2D eigenvalue weighted by Crippen LogP contribution is 2.29. The van der Waals surface area contributed by atoms with Gasteiger partial charge in [-0.25, -0.2) is 0 Å². The minimum absolute atomic E-state index is 0.145. The Morgan fingerprint density at radius 2 is 1.80 bits per heavy atom. The van der Waals surface area contributed by atoms with E-state index in [1.54, 1.807) is 14.2 Å². The Hall–Kier alpha value is -1.26. The Morgan fingerprint density at radius 1 is 1.10 bits per heavy atom. The van der Waals surface area contributed by atoms with Crippen LogP contribution < -0.4 is 15.2 Å². The van der Waals surface area contributed by atoms with Crippen molar-refractivity contribution in [2.75, 3.05) is 27.4 Å². The Balaban J connectivity index is 2.45. The largest absolute Gasteiger partial charge is 0.493 e. The molecule has 0 spiro atoms. The van der Waals surface area contributed by atoms with Crippen LogP contribution in [0.3, 0.4) is 0 Å². The minimum Gasteiger partial charge on any atom is -0.493 e. The van der Waals surface area contributed by atoms with Gasteiger partial charge in [-0.2, -0.15) is 0 Å². The maximum Gasteiger partial charge on any atom is 0.161 e. The Labute approximate surface area is 122 Å². The van der Waals surface area contributed by atoms with Gasteiger partial charge in [0.25, 0.3) is 0 Å². The molecule has 0 amide bonds. The summed E-state index contributed by atoms with van der Waals surface area (Å²) in [5.74, 6) is 2.12. The molecule has 0 radical (unpaired) electrons. The minimum atomic E-state index is -0.145. The van der Waals surface area contributed by atoms with Gasteiger partial charge in [-0.15, -0.1) is 0 Å². The number of hydrogen-bond donors (Lipinski definition) is 1. The molecule has 0 aliphatic carbocycles. The average Bonchev–Trinajstić information content (AvgIpc) is 2.45. The molecule has 0 aromatic heterocycles. The molecule has 1 aromatic carbocycles. The molecular weight excluding hydrogens is 254 g/mol. The van der Waals surface area contributed by atoms with E-state index < -0.39 is 0 Å². The second kappa shape index (κ2) is 8.82. The van der Waals surface area contributed by atoms with Crippen LogP contribution in [0.15, 0.2) is 18.2 Å². The highest BCUT2D eigenvalue weighted by molar-refractivity contribution is 5.43. The van der Waals surface area contributed by atoms with Crippen LogP contribution in [0, 0.1) is 5.92 Å². The zero-order valence-electron chi connectivity index (χ0n) is 13.0. The van der Waals surface area contributed by atoms with Crippen molar-refractivity contribution < 1.29 is 14.2 Å². The van der Waals surface area contributed by atoms with E-state index in [0.29, 0.717) is 18.1 Å². The first-order valence-electron chi connectivity index (χ1n) is 7.13. The second-order valence-electron chi connectivity index (χ2n) is 5.33. The zero-order valence-corrected chi connectivity index (χ0v) is 13.0. The lowest BCUT2D eigenvalue weighted by Crippen LogP contribution is -2.17. The van der Waals surface area contributed by atoms with Crippen LogP contribution >= 0.6 is 0 Å². The summed E-state index contributed by atoms with van der Waals surface area (Å²) in [6.45, 7) is 5.72. The number of nitrogens with two attached hydrogens (primary N) is 1. The summed E-state index contributed by atoms with van der Waals surface area (Å²) in [6.07, 6.45) is 2.27. The predicted octanol–water partition coefficient (Wildman–Crippen LogP) is 3.16. The van der Waals surface area contributed by atoms with E-state index in [-0.39, 0.29) is 6.04 Å². The molecule has 1 unspecified atom stereocenters. The lowest BCUT2D eigenvalue weighted by atomic mass is 10.1. The third kappa shape index (κ3) is 5.39. The van der Waals surface area contributed by atoms with Crippen LogP contribution in [0.1, 0.15) is 38.3 Å². The number of rotatable bonds is 9. The normalized spacial score (nSPS) is 12.5. The van der Waals surface area contributed by atoms with Crippen molar-refractivity contribution in [2.24, 2.45) is 11.7 Å². The highest BCUT2D eigenvalue weighted by atomic mass is 16.5. The summed E-state index contributed by atoms with van der Waals surface area (Å²) in [5.41, 5.74) is 7.12. The van der Waals surface area contributed by atoms with Crippen molar-refractivity contribution in [3.63, 3.8) is 0 Å². The van der Waals surface area contributed by atoms with E-state index in [2.05, 4.69) is 13.8 Å². The molecular formula is C16H27NO3. The van der Waals surface area contributed by atoms with Crippen LogP contribution in [0.25, 0.3) is 0 Å². The van der Waals surface area contributed by atoms with E-state index >= 15 is 0 Å². The standard InChI is InChI=1S/C16H27NO3/c1-12(2)6-5-9-20-11-14(17)13-7-8-15(18-3)16(10-13)19-4/h7-8,10,12,14H,5-6,9,11,17H2,1-4H3. The maximum absolute atomic E-state index is 6.13. The Morgan fingerprint density at radius 3 is 2.40 bits per heavy atom. The molecule has 20 heavy (non-hydrogen) atoms. The van der Waals surface area contributed by atoms with Crippen LogP contribution in [0.5, 0.6) is 11.5 Å². The molecule has 0 bridgehead atoms. The van der Waals surface area contributed by atoms with Gasteiger partial charge in [-0.05, 0) is 36.5 Å². The molecule has 1 atom stereocenters. The van der Waals surface area contributed by atoms with Gasteiger partial charge in [-0.1, -0.05) is 19.9 Å². The first-order valence-corrected chi connectivity index (χ1v) is 7.13. The van der Waals surface area contributed by atoms with E-state index in [9.17, 15) is 0 Å². The molecule has 0 aliphatic heterocycles. The molecule has 0 heterocycles. The lowest BCUT2D eigenvalue weighted by Gasteiger charge is -2.15. The molecule has 1 rings (SSSR count). The van der Waals surface area contributed by atoms with Crippen molar-refractivity contribution >= 4 is 0 Å². The number of benzene rings is 1. The summed E-state index contributed by atoms with van der Waals surface area (Å²) in [4.78, 5) is 0. The van der Waals surface area contributed by atoms with Crippen LogP contribution in [-0.4, -0.2) is 27.4 Å². The number of hydrogen-bond acceptors (Lipinski definition) is 4. The third-order valence-corrected chi connectivity index (χ3v) is 3.20. The molecule has 1 aromatic rings. The first kappa shape index (κ1) is 16.8. The lowest BCUT2D eigenvalue weighted by molar-refractivity contribution is 0.115. The van der Waals surface area contributed by atoms with Crippen molar-refractivity contribution in [1.82, 2.24) is 0 Å². The highest BCUT2D eigenvalue weighted by Gasteiger charge is 2.10. The summed E-state index contributed by atoms with van der Waals surface area (Å²) < 4.78 is 16.1. The smallest absolute Gasteiger partial charge is 0.161 e. The van der Waals surface area contributed by atoms with E-state index in [1.807, 2.05) is 18.2 Å². The Bertz CT molecular complexity index is 393. The van der Waals surface area contributed by atoms with Crippen molar-refractivity contribution in [3.05, 3.63) is 23.8 Å². The molecule has 4 heteroatoms. The third-order valence-electron chi connectivity index (χ3n) is 3.20. The molecule has 114 valence electrons. The van der Waals surface area contributed by atoms with Gasteiger partial charge in [0.15, 0.2) is 11.5 Å². The number of methoxy groups -OCH3 is 2. The van der Waals surface area contributed by atoms with Gasteiger partial charge < -0.3 is 19.9 Å². The Kier molecular flexibility index (Phi) is 7.41. The SMILES string of the molecule is COc1ccc(C(N)COCCCC(C)C)cc1OC. The molecule has 0 fully saturated rings. The molecule has 0 saturated heterocycles. The first-order chi connectivity index (χ1) is 9.58. The molecule has 0 saturated carbocycles. The molecule has 2 N–H and O–H groups in total. The zero-order chi connectivity index (χ0) is 15.0. The van der Waals surface area contributed by atoms with Crippen LogP contribution in [-0.2, 0) is 4.74 Å². The van der Waals surface area contributed by atoms with Gasteiger partial charge in [0.05, 0.1) is 26.9 Å². The van der Waals surface area contributed by atoms with E-state index in [0.717, 1.165) is 24.5 Å². The van der Waals surface area contributed by atoms with Gasteiger partial charge in [-0.3, -0.25) is 0 Å². The fourth-order valence-electron chi connectivity index (χ4n) is 1.98. The second-order valence-corrected chi connectivity index (χ2v) is 5.33. The van der Waals surface area contributed by atoms with Crippen LogP contribution in [0.2, 0.25) is 0 Å². The van der Waals surface area contributed by atoms with E-state index in [1.165, 1.54) is 6.42 Å². The van der Waals surface area contributed by atoms with Gasteiger partial charge in [0, 0.05) is 6.61 Å². The summed E-state index contributed by atoms with van der Waals surface area (Å²) in [5, 5.41) is 0. The summed E-state index contributed by atoms with van der Waals surface area (Å²) in [7, 11) is 3.24. The van der Waals surface area contributed by atoms with Crippen LogP contribution in [0.4, 0.5) is 0 Å². The van der Waals surface area contributed by atoms with Gasteiger partial charge in [0.1, 0.15) is 0 Å². The quantitative estimate of drug-likeness (QED) is 0.706. The average molecular weight is 281 g/mol. The predicted molar refractivity (Wildman–Crippen MR) is 81.4 cm³/mol. The fraction of sp³-hybridized carbons (Fsp3) is 0.625. The monoisotopic (exact) mass is 281 g/mol. The van der Waals surface area contributed by atoms with Crippen molar-refractivity contribution in [2.45, 2.75) is 32.7 Å². The van der Waals surface area contributed by atoms with Gasteiger partial charge in [0.2, 0.25) is 0 Å². The van der Waals surface area contributed by atoms with E-state index in [4.69, 9.17) is 19.9 Å². The van der Waals surface area contributed by atoms with Crippen molar-refractivity contribution in [1.29, 1.82) is 0 Å². The number of ether oxygens (including phenoxy) is 3. The fourth-order valence-corrected chi connectivity index (χ4v) is 1.98. The topological polar surface area (TPSA) is 53.7 Å². The van der Waals surface area contributed by atoms with Gasteiger partial charge >= 0.3 is 0 Å².